The van der Waals surface area contributed by atoms with Gasteiger partial charge >= 0.3 is 0 Å². The number of nitrogens with one attached hydrogen (secondary N) is 1. The molecule has 0 spiro atoms. The zero-order valence-electron chi connectivity index (χ0n) is 6.36. The van der Waals surface area contributed by atoms with E-state index in [-0.39, 0.29) is 5.82 Å². The summed E-state index contributed by atoms with van der Waals surface area (Å²) in [5.41, 5.74) is 1.33. The molecule has 0 radical (unpaired) electrons. The Balaban J connectivity index is 2.94. The molecule has 0 saturated heterocycles. The van der Waals surface area contributed by atoms with Gasteiger partial charge in [-0.2, -0.15) is 5.10 Å². The summed E-state index contributed by atoms with van der Waals surface area (Å²) < 4.78 is 13.9. The molecule has 0 unspecified atom stereocenters. The van der Waals surface area contributed by atoms with Gasteiger partial charge in [-0.1, -0.05) is 0 Å². The molecule has 1 aromatic heterocycles. The fourth-order valence-corrected chi connectivity index (χ4v) is 1.63. The molecule has 2 rings (SSSR count). The number of aromatic nitrogens is 2. The minimum absolute atomic E-state index is 0.223. The van der Waals surface area contributed by atoms with Crippen LogP contribution in [0, 0.1) is 12.7 Å². The third-order valence-electron chi connectivity index (χ3n) is 1.86. The minimum atomic E-state index is -0.223. The van der Waals surface area contributed by atoms with Crippen molar-refractivity contribution in [1.29, 1.82) is 0 Å². The van der Waals surface area contributed by atoms with Crippen LogP contribution in [0.3, 0.4) is 0 Å². The summed E-state index contributed by atoms with van der Waals surface area (Å²) in [4.78, 5) is 0. The quantitative estimate of drug-likeness (QED) is 0.739. The van der Waals surface area contributed by atoms with Gasteiger partial charge in [0.15, 0.2) is 0 Å². The number of hydrogen-bond acceptors (Lipinski definition) is 1. The second-order valence-electron chi connectivity index (χ2n) is 2.63. The maximum atomic E-state index is 13.1. The Hall–Kier alpha value is -0.900. The van der Waals surface area contributed by atoms with Crippen molar-refractivity contribution in [2.75, 3.05) is 0 Å². The van der Waals surface area contributed by atoms with Gasteiger partial charge in [0, 0.05) is 9.86 Å². The first kappa shape index (κ1) is 7.73. The average molecular weight is 229 g/mol. The van der Waals surface area contributed by atoms with Gasteiger partial charge in [-0.05, 0) is 34.5 Å². The lowest BCUT2D eigenvalue weighted by Gasteiger charge is -1.99. The highest BCUT2D eigenvalue weighted by atomic mass is 79.9. The van der Waals surface area contributed by atoms with Gasteiger partial charge < -0.3 is 0 Å². The lowest BCUT2D eigenvalue weighted by atomic mass is 10.2. The molecule has 1 heterocycles. The Morgan fingerprint density at radius 1 is 1.58 bits per heavy atom. The lowest BCUT2D eigenvalue weighted by molar-refractivity contribution is 0.619. The smallest absolute Gasteiger partial charge is 0.129 e. The highest BCUT2D eigenvalue weighted by Crippen LogP contribution is 2.27. The van der Waals surface area contributed by atoms with Crippen LogP contribution in [-0.4, -0.2) is 10.2 Å². The molecule has 2 nitrogen and oxygen atoms in total. The number of halogens is 2. The van der Waals surface area contributed by atoms with Gasteiger partial charge in [-0.25, -0.2) is 4.39 Å². The molecule has 0 fully saturated rings. The molecule has 0 amide bonds. The topological polar surface area (TPSA) is 28.7 Å². The third kappa shape index (κ3) is 0.948. The predicted octanol–water partition coefficient (Wildman–Crippen LogP) is 2.77. The Bertz CT molecular complexity index is 436. The molecule has 12 heavy (non-hydrogen) atoms. The van der Waals surface area contributed by atoms with E-state index in [1.54, 1.807) is 13.1 Å². The molecular formula is C8H6BrFN2. The van der Waals surface area contributed by atoms with Crippen LogP contribution in [0.4, 0.5) is 4.39 Å². The third-order valence-corrected chi connectivity index (χ3v) is 2.89. The van der Waals surface area contributed by atoms with Crippen molar-refractivity contribution in [1.82, 2.24) is 10.2 Å². The molecule has 0 bridgehead atoms. The van der Waals surface area contributed by atoms with E-state index in [9.17, 15) is 4.39 Å². The summed E-state index contributed by atoms with van der Waals surface area (Å²) in [7, 11) is 0. The van der Waals surface area contributed by atoms with Crippen LogP contribution in [0.1, 0.15) is 5.56 Å². The first-order valence-corrected chi connectivity index (χ1v) is 4.27. The van der Waals surface area contributed by atoms with Crippen LogP contribution in [0.5, 0.6) is 0 Å². The van der Waals surface area contributed by atoms with E-state index in [4.69, 9.17) is 0 Å². The second kappa shape index (κ2) is 2.55. The molecule has 2 aromatic rings. The normalized spacial score (nSPS) is 10.9. The number of hydrogen-bond donors (Lipinski definition) is 1. The van der Waals surface area contributed by atoms with Crippen LogP contribution in [0.25, 0.3) is 10.9 Å². The molecule has 0 aliphatic carbocycles. The summed E-state index contributed by atoms with van der Waals surface area (Å²) in [6.07, 6.45) is 1.67. The van der Waals surface area contributed by atoms with Gasteiger partial charge in [-0.3, -0.25) is 5.10 Å². The highest BCUT2D eigenvalue weighted by Gasteiger charge is 2.08. The van der Waals surface area contributed by atoms with E-state index in [2.05, 4.69) is 26.1 Å². The van der Waals surface area contributed by atoms with Crippen LogP contribution < -0.4 is 0 Å². The van der Waals surface area contributed by atoms with Crippen molar-refractivity contribution in [2.45, 2.75) is 6.92 Å². The number of benzene rings is 1. The van der Waals surface area contributed by atoms with Crippen molar-refractivity contribution in [3.8, 4) is 0 Å². The van der Waals surface area contributed by atoms with Crippen molar-refractivity contribution < 1.29 is 4.39 Å². The van der Waals surface area contributed by atoms with Crippen LogP contribution in [0.15, 0.2) is 16.7 Å². The second-order valence-corrected chi connectivity index (χ2v) is 3.42. The van der Waals surface area contributed by atoms with Crippen molar-refractivity contribution in [3.63, 3.8) is 0 Å². The Morgan fingerprint density at radius 2 is 2.33 bits per heavy atom. The molecular weight excluding hydrogens is 223 g/mol. The summed E-state index contributed by atoms with van der Waals surface area (Å²) >= 11 is 3.31. The Kier molecular flexibility index (Phi) is 1.65. The average Bonchev–Trinajstić information content (AvgIpc) is 2.48. The largest absolute Gasteiger partial charge is 0.278 e. The summed E-state index contributed by atoms with van der Waals surface area (Å²) in [5, 5.41) is 7.44. The predicted molar refractivity (Wildman–Crippen MR) is 48.5 cm³/mol. The zero-order valence-corrected chi connectivity index (χ0v) is 7.94. The number of rotatable bonds is 0. The number of fused-ring (bicyclic) bond motifs is 1. The molecule has 1 aromatic carbocycles. The van der Waals surface area contributed by atoms with Crippen LogP contribution in [0.2, 0.25) is 0 Å². The first-order chi connectivity index (χ1) is 5.70. The fraction of sp³-hybridized carbons (Fsp3) is 0.125. The lowest BCUT2D eigenvalue weighted by Crippen LogP contribution is -1.84. The molecule has 62 valence electrons. The molecule has 0 atom stereocenters. The monoisotopic (exact) mass is 228 g/mol. The number of aromatic amines is 1. The molecule has 0 saturated carbocycles. The fourth-order valence-electron chi connectivity index (χ4n) is 1.12. The summed E-state index contributed by atoms with van der Waals surface area (Å²) in [5.74, 6) is -0.223. The van der Waals surface area contributed by atoms with E-state index < -0.39 is 0 Å². The zero-order chi connectivity index (χ0) is 8.72. The molecule has 1 N–H and O–H groups in total. The van der Waals surface area contributed by atoms with Gasteiger partial charge in [0.2, 0.25) is 0 Å². The van der Waals surface area contributed by atoms with E-state index in [1.807, 2.05) is 0 Å². The minimum Gasteiger partial charge on any atom is -0.278 e. The maximum Gasteiger partial charge on any atom is 0.129 e. The highest BCUT2D eigenvalue weighted by molar-refractivity contribution is 9.10. The van der Waals surface area contributed by atoms with Crippen molar-refractivity contribution in [3.05, 3.63) is 28.1 Å². The number of nitrogens with zero attached hydrogens (tertiary/aromatic N) is 1. The molecule has 0 aliphatic heterocycles. The summed E-state index contributed by atoms with van der Waals surface area (Å²) in [6, 6.07) is 1.45. The van der Waals surface area contributed by atoms with Crippen LogP contribution >= 0.6 is 15.9 Å². The van der Waals surface area contributed by atoms with Gasteiger partial charge in [0.25, 0.3) is 0 Å². The van der Waals surface area contributed by atoms with Crippen molar-refractivity contribution >= 4 is 26.8 Å². The standard InChI is InChI=1S/C8H6BrFN2/c1-4-6(10)2-7-5(8(4)9)3-11-12-7/h2-3H,1H3,(H,11,12). The van der Waals surface area contributed by atoms with Crippen LogP contribution in [-0.2, 0) is 0 Å². The maximum absolute atomic E-state index is 13.1. The Labute approximate surface area is 76.9 Å². The molecule has 4 heteroatoms. The van der Waals surface area contributed by atoms with E-state index in [0.29, 0.717) is 11.1 Å². The molecule has 0 aliphatic rings. The Morgan fingerprint density at radius 3 is 3.08 bits per heavy atom. The van der Waals surface area contributed by atoms with Gasteiger partial charge in [-0.15, -0.1) is 0 Å². The summed E-state index contributed by atoms with van der Waals surface area (Å²) in [6.45, 7) is 1.73. The number of H-pyrrole nitrogens is 1. The van der Waals surface area contributed by atoms with Gasteiger partial charge in [0.05, 0.1) is 11.7 Å². The van der Waals surface area contributed by atoms with E-state index in [1.165, 1.54) is 6.07 Å². The first-order valence-electron chi connectivity index (χ1n) is 3.48. The van der Waals surface area contributed by atoms with Gasteiger partial charge in [0.1, 0.15) is 5.82 Å². The van der Waals surface area contributed by atoms with Crippen molar-refractivity contribution in [2.24, 2.45) is 0 Å². The van der Waals surface area contributed by atoms with E-state index in [0.717, 1.165) is 9.86 Å². The van der Waals surface area contributed by atoms with E-state index >= 15 is 0 Å². The SMILES string of the molecule is Cc1c(F)cc2[nH]ncc2c1Br.